The van der Waals surface area contributed by atoms with Gasteiger partial charge in [0.15, 0.2) is 0 Å². The Morgan fingerprint density at radius 3 is 2.64 bits per heavy atom. The third-order valence-corrected chi connectivity index (χ3v) is 4.75. The molecule has 1 fully saturated rings. The minimum Gasteiger partial charge on any atom is -0.388 e. The lowest BCUT2D eigenvalue weighted by molar-refractivity contribution is -0.123. The van der Waals surface area contributed by atoms with E-state index in [1.54, 1.807) is 0 Å². The molecule has 0 aromatic heterocycles. The fourth-order valence-electron chi connectivity index (χ4n) is 3.34. The second kappa shape index (κ2) is 8.17. The number of anilines is 1. The van der Waals surface area contributed by atoms with Crippen molar-refractivity contribution in [2.24, 2.45) is 0 Å². The molecule has 25 heavy (non-hydrogen) atoms. The van der Waals surface area contributed by atoms with Crippen LogP contribution in [0.3, 0.4) is 0 Å². The summed E-state index contributed by atoms with van der Waals surface area (Å²) in [6.45, 7) is 3.92. The molecule has 132 valence electrons. The number of piperidine rings is 1. The van der Waals surface area contributed by atoms with Crippen molar-refractivity contribution in [2.45, 2.75) is 38.3 Å². The van der Waals surface area contributed by atoms with Crippen LogP contribution in [0.5, 0.6) is 0 Å². The van der Waals surface area contributed by atoms with Crippen LogP contribution >= 0.6 is 0 Å². The van der Waals surface area contributed by atoms with Gasteiger partial charge in [-0.15, -0.1) is 0 Å². The van der Waals surface area contributed by atoms with Gasteiger partial charge in [-0.3, -0.25) is 4.79 Å². The van der Waals surface area contributed by atoms with Gasteiger partial charge in [0.05, 0.1) is 12.5 Å². The third-order valence-electron chi connectivity index (χ3n) is 4.75. The molecule has 0 bridgehead atoms. The molecule has 2 N–H and O–H groups in total. The van der Waals surface area contributed by atoms with Crippen LogP contribution < -0.4 is 10.2 Å². The van der Waals surface area contributed by atoms with Gasteiger partial charge in [-0.05, 0) is 37.5 Å². The Balaban J connectivity index is 1.53. The topological polar surface area (TPSA) is 52.6 Å². The van der Waals surface area contributed by atoms with E-state index in [0.717, 1.165) is 31.5 Å². The number of nitrogens with one attached hydrogen (secondary N) is 1. The standard InChI is InChI=1S/C21H26N2O2/c1-16-9-11-19(12-10-16)23-13-5-8-18(15-23)22-21(25)14-20(24)17-6-3-2-4-7-17/h2-4,6-7,9-12,18,20,24H,5,8,13-15H2,1H3,(H,22,25). The summed E-state index contributed by atoms with van der Waals surface area (Å²) in [6, 6.07) is 18.0. The molecule has 0 spiro atoms. The number of rotatable bonds is 5. The van der Waals surface area contributed by atoms with Gasteiger partial charge < -0.3 is 15.3 Å². The number of amides is 1. The fourth-order valence-corrected chi connectivity index (χ4v) is 3.34. The Morgan fingerprint density at radius 2 is 1.92 bits per heavy atom. The first kappa shape index (κ1) is 17.5. The summed E-state index contributed by atoms with van der Waals surface area (Å²) in [5.74, 6) is -0.0906. The molecule has 3 rings (SSSR count). The molecular weight excluding hydrogens is 312 g/mol. The number of aliphatic hydroxyl groups is 1. The summed E-state index contributed by atoms with van der Waals surface area (Å²) in [5, 5.41) is 13.3. The normalized spacial score (nSPS) is 18.6. The van der Waals surface area contributed by atoms with E-state index in [2.05, 4.69) is 41.4 Å². The van der Waals surface area contributed by atoms with Crippen molar-refractivity contribution >= 4 is 11.6 Å². The molecule has 2 unspecified atom stereocenters. The zero-order valence-corrected chi connectivity index (χ0v) is 14.7. The molecule has 0 radical (unpaired) electrons. The Kier molecular flexibility index (Phi) is 5.71. The van der Waals surface area contributed by atoms with E-state index in [9.17, 15) is 9.90 Å². The molecule has 2 aromatic carbocycles. The second-order valence-corrected chi connectivity index (χ2v) is 6.82. The van der Waals surface area contributed by atoms with Crippen molar-refractivity contribution in [3.63, 3.8) is 0 Å². The molecule has 4 nitrogen and oxygen atoms in total. The maximum absolute atomic E-state index is 12.3. The highest BCUT2D eigenvalue weighted by Crippen LogP contribution is 2.21. The lowest BCUT2D eigenvalue weighted by Gasteiger charge is -2.35. The maximum atomic E-state index is 12.3. The molecule has 1 amide bonds. The van der Waals surface area contributed by atoms with Gasteiger partial charge in [0.1, 0.15) is 0 Å². The molecule has 0 saturated carbocycles. The van der Waals surface area contributed by atoms with Crippen LogP contribution in [-0.4, -0.2) is 30.1 Å². The molecule has 1 heterocycles. The van der Waals surface area contributed by atoms with E-state index in [4.69, 9.17) is 0 Å². The van der Waals surface area contributed by atoms with Gasteiger partial charge in [0.2, 0.25) is 5.91 Å². The molecule has 2 atom stereocenters. The summed E-state index contributed by atoms with van der Waals surface area (Å²) in [5.41, 5.74) is 3.23. The summed E-state index contributed by atoms with van der Waals surface area (Å²) in [7, 11) is 0. The third kappa shape index (κ3) is 4.83. The number of hydrogen-bond acceptors (Lipinski definition) is 3. The lowest BCUT2D eigenvalue weighted by atomic mass is 10.0. The van der Waals surface area contributed by atoms with E-state index in [-0.39, 0.29) is 18.4 Å². The van der Waals surface area contributed by atoms with Crippen LogP contribution in [0.2, 0.25) is 0 Å². The smallest absolute Gasteiger partial charge is 0.223 e. The van der Waals surface area contributed by atoms with Crippen molar-refractivity contribution in [2.75, 3.05) is 18.0 Å². The number of nitrogens with zero attached hydrogens (tertiary/aromatic N) is 1. The summed E-state index contributed by atoms with van der Waals surface area (Å²) < 4.78 is 0. The van der Waals surface area contributed by atoms with Crippen molar-refractivity contribution in [1.82, 2.24) is 5.32 Å². The lowest BCUT2D eigenvalue weighted by Crippen LogP contribution is -2.48. The average molecular weight is 338 g/mol. The molecule has 1 saturated heterocycles. The highest BCUT2D eigenvalue weighted by molar-refractivity contribution is 5.77. The first-order chi connectivity index (χ1) is 12.1. The Labute approximate surface area is 149 Å². The molecule has 1 aliphatic heterocycles. The summed E-state index contributed by atoms with van der Waals surface area (Å²) in [4.78, 5) is 14.6. The van der Waals surface area contributed by atoms with Gasteiger partial charge in [0.25, 0.3) is 0 Å². The molecule has 4 heteroatoms. The van der Waals surface area contributed by atoms with Crippen LogP contribution in [0.25, 0.3) is 0 Å². The average Bonchev–Trinajstić information content (AvgIpc) is 2.63. The first-order valence-corrected chi connectivity index (χ1v) is 8.96. The number of hydrogen-bond donors (Lipinski definition) is 2. The number of aliphatic hydroxyl groups excluding tert-OH is 1. The quantitative estimate of drug-likeness (QED) is 0.880. The minimum atomic E-state index is -0.752. The first-order valence-electron chi connectivity index (χ1n) is 8.96. The van der Waals surface area contributed by atoms with E-state index >= 15 is 0 Å². The van der Waals surface area contributed by atoms with E-state index in [1.165, 1.54) is 11.3 Å². The Bertz CT molecular complexity index is 685. The number of carbonyl (C=O) groups is 1. The largest absolute Gasteiger partial charge is 0.388 e. The Hall–Kier alpha value is -2.33. The van der Waals surface area contributed by atoms with Gasteiger partial charge in [-0.25, -0.2) is 0 Å². The fraction of sp³-hybridized carbons (Fsp3) is 0.381. The SMILES string of the molecule is Cc1ccc(N2CCCC(NC(=O)CC(O)c3ccccc3)C2)cc1. The van der Waals surface area contributed by atoms with Crippen molar-refractivity contribution in [3.8, 4) is 0 Å². The van der Waals surface area contributed by atoms with Crippen LogP contribution in [0.1, 0.15) is 36.5 Å². The number of benzene rings is 2. The predicted molar refractivity (Wildman–Crippen MR) is 101 cm³/mol. The van der Waals surface area contributed by atoms with E-state index in [0.29, 0.717) is 0 Å². The predicted octanol–water partition coefficient (Wildman–Crippen LogP) is 3.20. The highest BCUT2D eigenvalue weighted by Gasteiger charge is 2.22. The van der Waals surface area contributed by atoms with Crippen LogP contribution in [0.15, 0.2) is 54.6 Å². The molecule has 1 aliphatic rings. The van der Waals surface area contributed by atoms with Crippen molar-refractivity contribution in [3.05, 3.63) is 65.7 Å². The Morgan fingerprint density at radius 1 is 1.20 bits per heavy atom. The van der Waals surface area contributed by atoms with E-state index < -0.39 is 6.10 Å². The molecule has 2 aromatic rings. The molecular formula is C21H26N2O2. The van der Waals surface area contributed by atoms with Gasteiger partial charge in [-0.2, -0.15) is 0 Å². The van der Waals surface area contributed by atoms with Crippen LogP contribution in [0.4, 0.5) is 5.69 Å². The minimum absolute atomic E-state index is 0.0906. The zero-order valence-electron chi connectivity index (χ0n) is 14.7. The second-order valence-electron chi connectivity index (χ2n) is 6.82. The highest BCUT2D eigenvalue weighted by atomic mass is 16.3. The number of carbonyl (C=O) groups excluding carboxylic acids is 1. The van der Waals surface area contributed by atoms with Gasteiger partial charge >= 0.3 is 0 Å². The molecule has 0 aliphatic carbocycles. The number of aryl methyl sites for hydroxylation is 1. The van der Waals surface area contributed by atoms with E-state index in [1.807, 2.05) is 30.3 Å². The zero-order chi connectivity index (χ0) is 17.6. The monoisotopic (exact) mass is 338 g/mol. The summed E-state index contributed by atoms with van der Waals surface area (Å²) in [6.07, 6.45) is 1.39. The van der Waals surface area contributed by atoms with Crippen molar-refractivity contribution < 1.29 is 9.90 Å². The maximum Gasteiger partial charge on any atom is 0.223 e. The van der Waals surface area contributed by atoms with Gasteiger partial charge in [-0.1, -0.05) is 48.0 Å². The van der Waals surface area contributed by atoms with Gasteiger partial charge in [0, 0.05) is 24.8 Å². The van der Waals surface area contributed by atoms with Crippen LogP contribution in [-0.2, 0) is 4.79 Å². The summed E-state index contributed by atoms with van der Waals surface area (Å²) >= 11 is 0. The van der Waals surface area contributed by atoms with Crippen LogP contribution in [0, 0.1) is 6.92 Å². The van der Waals surface area contributed by atoms with Crippen molar-refractivity contribution in [1.29, 1.82) is 0 Å².